The Morgan fingerprint density at radius 1 is 1.32 bits per heavy atom. The zero-order valence-electron chi connectivity index (χ0n) is 12.8. The molecule has 1 amide bonds. The minimum absolute atomic E-state index is 0.0774. The molecule has 0 aliphatic rings. The van der Waals surface area contributed by atoms with Crippen LogP contribution in [0.5, 0.6) is 0 Å². The van der Waals surface area contributed by atoms with Gasteiger partial charge in [-0.15, -0.1) is 0 Å². The number of H-pyrrole nitrogens is 1. The number of hydrogen-bond donors (Lipinski definition) is 3. The second kappa shape index (κ2) is 6.90. The lowest BCUT2D eigenvalue weighted by Crippen LogP contribution is -2.30. The summed E-state index contributed by atoms with van der Waals surface area (Å²) in [5.74, 6) is -2.30. The molecular formula is C17H13ClFN3O3. The highest BCUT2D eigenvalue weighted by atomic mass is 35.5. The van der Waals surface area contributed by atoms with E-state index in [2.05, 4.69) is 15.5 Å². The summed E-state index contributed by atoms with van der Waals surface area (Å²) in [6.45, 7) is 0. The van der Waals surface area contributed by atoms with E-state index in [-0.39, 0.29) is 5.02 Å². The van der Waals surface area contributed by atoms with Gasteiger partial charge in [-0.1, -0.05) is 29.8 Å². The Morgan fingerprint density at radius 2 is 2.12 bits per heavy atom. The van der Waals surface area contributed by atoms with Gasteiger partial charge in [0.05, 0.1) is 34.8 Å². The summed E-state index contributed by atoms with van der Waals surface area (Å²) in [6.07, 6.45) is 1.18. The van der Waals surface area contributed by atoms with Crippen LogP contribution in [0, 0.1) is 5.82 Å². The Morgan fingerprint density at radius 3 is 2.84 bits per heavy atom. The normalized spacial score (nSPS) is 12.1. The molecule has 0 fully saturated rings. The van der Waals surface area contributed by atoms with Crippen molar-refractivity contribution >= 4 is 34.4 Å². The molecule has 2 aromatic carbocycles. The highest BCUT2D eigenvalue weighted by Crippen LogP contribution is 2.24. The summed E-state index contributed by atoms with van der Waals surface area (Å²) in [5.41, 5.74) is 1.17. The van der Waals surface area contributed by atoms with Gasteiger partial charge in [0.1, 0.15) is 5.82 Å². The first-order valence-electron chi connectivity index (χ1n) is 7.35. The summed E-state index contributed by atoms with van der Waals surface area (Å²) in [5, 5.41) is 19.0. The van der Waals surface area contributed by atoms with E-state index in [0.717, 1.165) is 11.5 Å². The molecule has 0 saturated heterocycles. The van der Waals surface area contributed by atoms with Gasteiger partial charge in [-0.05, 0) is 23.8 Å². The number of hydrogen-bond acceptors (Lipinski definition) is 3. The van der Waals surface area contributed by atoms with Crippen LogP contribution in [-0.4, -0.2) is 27.2 Å². The van der Waals surface area contributed by atoms with Gasteiger partial charge in [0.15, 0.2) is 0 Å². The van der Waals surface area contributed by atoms with Gasteiger partial charge in [-0.2, -0.15) is 5.10 Å². The zero-order chi connectivity index (χ0) is 18.0. The third-order valence-electron chi connectivity index (χ3n) is 3.75. The van der Waals surface area contributed by atoms with Gasteiger partial charge in [-0.25, -0.2) is 4.39 Å². The second-order valence-electron chi connectivity index (χ2n) is 5.44. The monoisotopic (exact) mass is 361 g/mol. The lowest BCUT2D eigenvalue weighted by molar-refractivity contribution is -0.137. The van der Waals surface area contributed by atoms with Gasteiger partial charge in [-0.3, -0.25) is 14.7 Å². The molecule has 0 aliphatic carbocycles. The number of carboxylic acid groups (broad SMARTS) is 1. The molecule has 0 aliphatic heterocycles. The van der Waals surface area contributed by atoms with Crippen molar-refractivity contribution in [2.24, 2.45) is 0 Å². The molecule has 0 unspecified atom stereocenters. The Balaban J connectivity index is 1.92. The van der Waals surface area contributed by atoms with Crippen LogP contribution in [-0.2, 0) is 4.79 Å². The van der Waals surface area contributed by atoms with Gasteiger partial charge >= 0.3 is 5.97 Å². The summed E-state index contributed by atoms with van der Waals surface area (Å²) in [4.78, 5) is 23.7. The van der Waals surface area contributed by atoms with Crippen LogP contribution < -0.4 is 5.32 Å². The molecule has 6 nitrogen and oxygen atoms in total. The molecule has 3 aromatic rings. The van der Waals surface area contributed by atoms with Crippen molar-refractivity contribution in [1.82, 2.24) is 15.5 Å². The van der Waals surface area contributed by atoms with Crippen molar-refractivity contribution in [2.75, 3.05) is 0 Å². The maximum Gasteiger partial charge on any atom is 0.305 e. The molecule has 3 rings (SSSR count). The smallest absolute Gasteiger partial charge is 0.305 e. The average molecular weight is 362 g/mol. The van der Waals surface area contributed by atoms with Crippen LogP contribution in [0.2, 0.25) is 5.02 Å². The van der Waals surface area contributed by atoms with Crippen LogP contribution in [0.3, 0.4) is 0 Å². The standard InChI is InChI=1S/C17H13ClFN3O3/c18-12-5-4-9(6-13(12)19)14(7-15(23)24)21-17(25)11-3-1-2-10-8-20-22-16(10)11/h1-6,8,14H,7H2,(H,20,22)(H,21,25)(H,23,24)/t14-/m0/s1. The number of nitrogens with one attached hydrogen (secondary N) is 2. The second-order valence-corrected chi connectivity index (χ2v) is 5.84. The third kappa shape index (κ3) is 3.61. The zero-order valence-corrected chi connectivity index (χ0v) is 13.5. The minimum atomic E-state index is -1.12. The molecule has 0 radical (unpaired) electrons. The Labute approximate surface area is 146 Å². The summed E-state index contributed by atoms with van der Waals surface area (Å²) in [6, 6.07) is 8.09. The van der Waals surface area contributed by atoms with E-state index in [4.69, 9.17) is 16.7 Å². The third-order valence-corrected chi connectivity index (χ3v) is 4.06. The number of nitrogens with zero attached hydrogens (tertiary/aromatic N) is 1. The topological polar surface area (TPSA) is 95.1 Å². The lowest BCUT2D eigenvalue weighted by atomic mass is 10.0. The van der Waals surface area contributed by atoms with Gasteiger partial charge in [0.25, 0.3) is 5.91 Å². The number of fused-ring (bicyclic) bond motifs is 1. The number of para-hydroxylation sites is 1. The molecule has 1 heterocycles. The Bertz CT molecular complexity index is 957. The number of rotatable bonds is 5. The van der Waals surface area contributed by atoms with Gasteiger partial charge in [0, 0.05) is 5.39 Å². The van der Waals surface area contributed by atoms with Crippen molar-refractivity contribution in [3.05, 3.63) is 64.6 Å². The fourth-order valence-electron chi connectivity index (χ4n) is 2.55. The highest BCUT2D eigenvalue weighted by molar-refractivity contribution is 6.30. The van der Waals surface area contributed by atoms with Crippen molar-refractivity contribution < 1.29 is 19.1 Å². The maximum atomic E-state index is 13.7. The molecule has 1 aromatic heterocycles. The van der Waals surface area contributed by atoms with Crippen LogP contribution in [0.25, 0.3) is 10.9 Å². The molecule has 0 spiro atoms. The number of carboxylic acids is 1. The van der Waals surface area contributed by atoms with Gasteiger partial charge in [0.2, 0.25) is 0 Å². The number of benzene rings is 2. The number of halogens is 2. The maximum absolute atomic E-state index is 13.7. The predicted molar refractivity (Wildman–Crippen MR) is 90.0 cm³/mol. The van der Waals surface area contributed by atoms with E-state index < -0.39 is 30.2 Å². The van der Waals surface area contributed by atoms with Gasteiger partial charge < -0.3 is 10.4 Å². The summed E-state index contributed by atoms with van der Waals surface area (Å²) >= 11 is 5.66. The SMILES string of the molecule is O=C(O)C[C@H](NC(=O)c1cccc2cn[nH]c12)c1ccc(Cl)c(F)c1. The molecule has 1 atom stereocenters. The molecule has 128 valence electrons. The van der Waals surface area contributed by atoms with Crippen molar-refractivity contribution in [2.45, 2.75) is 12.5 Å². The minimum Gasteiger partial charge on any atom is -0.481 e. The quantitative estimate of drug-likeness (QED) is 0.649. The van der Waals surface area contributed by atoms with Crippen molar-refractivity contribution in [1.29, 1.82) is 0 Å². The van der Waals surface area contributed by atoms with Crippen LogP contribution in [0.15, 0.2) is 42.6 Å². The summed E-state index contributed by atoms with van der Waals surface area (Å²) in [7, 11) is 0. The molecule has 25 heavy (non-hydrogen) atoms. The Kier molecular flexibility index (Phi) is 4.67. The number of aromatic nitrogens is 2. The number of carbonyl (C=O) groups excluding carboxylic acids is 1. The highest BCUT2D eigenvalue weighted by Gasteiger charge is 2.21. The van der Waals surface area contributed by atoms with E-state index in [1.165, 1.54) is 12.1 Å². The van der Waals surface area contributed by atoms with E-state index in [9.17, 15) is 14.0 Å². The molecular weight excluding hydrogens is 349 g/mol. The van der Waals surface area contributed by atoms with Crippen LogP contribution >= 0.6 is 11.6 Å². The Hall–Kier alpha value is -2.93. The molecule has 0 bridgehead atoms. The predicted octanol–water partition coefficient (Wildman–Crippen LogP) is 3.30. The molecule has 8 heteroatoms. The van der Waals surface area contributed by atoms with E-state index in [0.29, 0.717) is 16.6 Å². The van der Waals surface area contributed by atoms with Crippen LogP contribution in [0.4, 0.5) is 4.39 Å². The first-order chi connectivity index (χ1) is 12.0. The van der Waals surface area contributed by atoms with Crippen molar-refractivity contribution in [3.63, 3.8) is 0 Å². The molecule has 0 saturated carbocycles. The molecule has 3 N–H and O–H groups in total. The van der Waals surface area contributed by atoms with E-state index >= 15 is 0 Å². The first-order valence-corrected chi connectivity index (χ1v) is 7.73. The van der Waals surface area contributed by atoms with E-state index in [1.807, 2.05) is 0 Å². The largest absolute Gasteiger partial charge is 0.481 e. The van der Waals surface area contributed by atoms with Crippen molar-refractivity contribution in [3.8, 4) is 0 Å². The summed E-state index contributed by atoms with van der Waals surface area (Å²) < 4.78 is 13.7. The average Bonchev–Trinajstić information content (AvgIpc) is 3.04. The van der Waals surface area contributed by atoms with E-state index in [1.54, 1.807) is 24.4 Å². The number of carbonyl (C=O) groups is 2. The van der Waals surface area contributed by atoms with Crippen LogP contribution in [0.1, 0.15) is 28.4 Å². The lowest BCUT2D eigenvalue weighted by Gasteiger charge is -2.18. The number of aromatic amines is 1. The number of amides is 1. The first kappa shape index (κ1) is 16.9. The number of aliphatic carboxylic acids is 1. The fourth-order valence-corrected chi connectivity index (χ4v) is 2.67. The fraction of sp³-hybridized carbons (Fsp3) is 0.118.